The Hall–Kier alpha value is -1.35. The number of ether oxygens (including phenoxy) is 1. The second kappa shape index (κ2) is 4.88. The first-order chi connectivity index (χ1) is 8.08. The maximum atomic E-state index is 5.81. The highest BCUT2D eigenvalue weighted by atomic mass is 32.1. The van der Waals surface area contributed by atoms with E-state index < -0.39 is 0 Å². The van der Waals surface area contributed by atoms with Crippen LogP contribution in [-0.4, -0.2) is 11.1 Å². The van der Waals surface area contributed by atoms with Crippen LogP contribution in [0.3, 0.4) is 0 Å². The summed E-state index contributed by atoms with van der Waals surface area (Å²) < 4.78 is 5.81. The fourth-order valence-corrected chi connectivity index (χ4v) is 2.50. The summed E-state index contributed by atoms with van der Waals surface area (Å²) in [4.78, 5) is 5.50. The van der Waals surface area contributed by atoms with Gasteiger partial charge in [-0.1, -0.05) is 12.1 Å². The summed E-state index contributed by atoms with van der Waals surface area (Å²) in [5, 5.41) is 0. The van der Waals surface area contributed by atoms with Crippen LogP contribution >= 0.6 is 11.3 Å². The van der Waals surface area contributed by atoms with Gasteiger partial charge >= 0.3 is 0 Å². The molecule has 0 aliphatic carbocycles. The highest BCUT2D eigenvalue weighted by molar-refractivity contribution is 7.13. The van der Waals surface area contributed by atoms with E-state index in [1.165, 1.54) is 16.0 Å². The Balaban J connectivity index is 2.41. The molecule has 0 aliphatic heterocycles. The van der Waals surface area contributed by atoms with Crippen molar-refractivity contribution in [2.75, 3.05) is 0 Å². The van der Waals surface area contributed by atoms with Crippen LogP contribution in [-0.2, 0) is 0 Å². The Bertz CT molecular complexity index is 517. The van der Waals surface area contributed by atoms with Crippen molar-refractivity contribution in [1.82, 2.24) is 4.98 Å². The molecule has 2 nitrogen and oxygen atoms in total. The average Bonchev–Trinajstić information content (AvgIpc) is 2.67. The van der Waals surface area contributed by atoms with Gasteiger partial charge < -0.3 is 4.74 Å². The van der Waals surface area contributed by atoms with Gasteiger partial charge in [-0.2, -0.15) is 0 Å². The van der Waals surface area contributed by atoms with Crippen molar-refractivity contribution in [3.05, 3.63) is 35.0 Å². The van der Waals surface area contributed by atoms with Crippen LogP contribution in [0.2, 0.25) is 0 Å². The van der Waals surface area contributed by atoms with Crippen LogP contribution in [0.1, 0.15) is 25.1 Å². The predicted molar refractivity (Wildman–Crippen MR) is 72.8 cm³/mol. The molecule has 0 spiro atoms. The summed E-state index contributed by atoms with van der Waals surface area (Å²) in [5.74, 6) is 0.963. The van der Waals surface area contributed by atoms with E-state index in [0.717, 1.165) is 11.4 Å². The fraction of sp³-hybridized carbons (Fsp3) is 0.357. The van der Waals surface area contributed by atoms with Gasteiger partial charge in [0.25, 0.3) is 0 Å². The van der Waals surface area contributed by atoms with E-state index >= 15 is 0 Å². The molecule has 3 heteroatoms. The van der Waals surface area contributed by atoms with Crippen LogP contribution in [0.5, 0.6) is 5.75 Å². The van der Waals surface area contributed by atoms with E-state index in [1.807, 2.05) is 26.3 Å². The van der Waals surface area contributed by atoms with Gasteiger partial charge in [0.05, 0.1) is 22.2 Å². The second-order valence-corrected chi connectivity index (χ2v) is 5.27. The molecular formula is C14H17NOS. The second-order valence-electron chi connectivity index (χ2n) is 4.41. The lowest BCUT2D eigenvalue weighted by atomic mass is 10.1. The van der Waals surface area contributed by atoms with Crippen molar-refractivity contribution < 1.29 is 4.74 Å². The van der Waals surface area contributed by atoms with Gasteiger partial charge in [-0.15, -0.1) is 11.3 Å². The Kier molecular flexibility index (Phi) is 3.48. The minimum atomic E-state index is 0.200. The Morgan fingerprint density at radius 3 is 2.59 bits per heavy atom. The molecule has 17 heavy (non-hydrogen) atoms. The zero-order valence-electron chi connectivity index (χ0n) is 10.7. The standard InChI is InChI=1S/C14H17NOS/c1-9(2)16-13-7-12(6-5-10(13)3)14-11(4)15-8-17-14/h5-9H,1-4H3. The van der Waals surface area contributed by atoms with Gasteiger partial charge in [-0.25, -0.2) is 4.98 Å². The number of aromatic nitrogens is 1. The molecule has 0 amide bonds. The van der Waals surface area contributed by atoms with E-state index in [9.17, 15) is 0 Å². The largest absolute Gasteiger partial charge is 0.491 e. The molecule has 2 aromatic rings. The first kappa shape index (κ1) is 12.1. The molecule has 0 fully saturated rings. The van der Waals surface area contributed by atoms with Crippen molar-refractivity contribution in [1.29, 1.82) is 0 Å². The van der Waals surface area contributed by atoms with Crippen LogP contribution < -0.4 is 4.74 Å². The Labute approximate surface area is 106 Å². The van der Waals surface area contributed by atoms with Crippen molar-refractivity contribution in [3.63, 3.8) is 0 Å². The Morgan fingerprint density at radius 2 is 2.00 bits per heavy atom. The molecule has 1 aromatic carbocycles. The van der Waals surface area contributed by atoms with Crippen molar-refractivity contribution in [3.8, 4) is 16.2 Å². The molecule has 0 N–H and O–H groups in total. The number of nitrogens with zero attached hydrogens (tertiary/aromatic N) is 1. The van der Waals surface area contributed by atoms with Gasteiger partial charge in [0.15, 0.2) is 0 Å². The van der Waals surface area contributed by atoms with E-state index in [2.05, 4.69) is 30.1 Å². The molecule has 0 radical (unpaired) electrons. The summed E-state index contributed by atoms with van der Waals surface area (Å²) in [6.45, 7) is 8.20. The molecule has 90 valence electrons. The summed E-state index contributed by atoms with van der Waals surface area (Å²) >= 11 is 1.67. The van der Waals surface area contributed by atoms with Crippen LogP contribution in [0.4, 0.5) is 0 Å². The maximum Gasteiger partial charge on any atom is 0.123 e. The molecule has 0 saturated carbocycles. The summed E-state index contributed by atoms with van der Waals surface area (Å²) in [5.41, 5.74) is 5.32. The zero-order valence-corrected chi connectivity index (χ0v) is 11.5. The fourth-order valence-electron chi connectivity index (χ4n) is 1.70. The van der Waals surface area contributed by atoms with Gasteiger partial charge in [0, 0.05) is 0 Å². The normalized spacial score (nSPS) is 10.9. The highest BCUT2D eigenvalue weighted by Crippen LogP contribution is 2.31. The molecule has 0 aliphatic rings. The lowest BCUT2D eigenvalue weighted by Crippen LogP contribution is -2.06. The van der Waals surface area contributed by atoms with Gasteiger partial charge in [-0.3, -0.25) is 0 Å². The third-order valence-corrected chi connectivity index (χ3v) is 3.54. The third-order valence-electron chi connectivity index (χ3n) is 2.56. The molecule has 0 atom stereocenters. The molecule has 2 rings (SSSR count). The first-order valence-corrected chi connectivity index (χ1v) is 6.63. The number of hydrogen-bond donors (Lipinski definition) is 0. The van der Waals surface area contributed by atoms with Crippen LogP contribution in [0.25, 0.3) is 10.4 Å². The molecule has 1 aromatic heterocycles. The lowest BCUT2D eigenvalue weighted by Gasteiger charge is -2.13. The highest BCUT2D eigenvalue weighted by Gasteiger charge is 2.08. The smallest absolute Gasteiger partial charge is 0.123 e. The maximum absolute atomic E-state index is 5.81. The monoisotopic (exact) mass is 247 g/mol. The van der Waals surface area contributed by atoms with Crippen LogP contribution in [0, 0.1) is 13.8 Å². The zero-order chi connectivity index (χ0) is 12.4. The molecule has 1 heterocycles. The molecular weight excluding hydrogens is 230 g/mol. The lowest BCUT2D eigenvalue weighted by molar-refractivity contribution is 0.241. The molecule has 0 unspecified atom stereocenters. The Morgan fingerprint density at radius 1 is 1.24 bits per heavy atom. The molecule has 0 bridgehead atoms. The number of aryl methyl sites for hydroxylation is 2. The van der Waals surface area contributed by atoms with Crippen molar-refractivity contribution >= 4 is 11.3 Å². The topological polar surface area (TPSA) is 22.1 Å². The summed E-state index contributed by atoms with van der Waals surface area (Å²) in [6.07, 6.45) is 0.200. The van der Waals surface area contributed by atoms with Gasteiger partial charge in [0.2, 0.25) is 0 Å². The number of hydrogen-bond acceptors (Lipinski definition) is 3. The van der Waals surface area contributed by atoms with E-state index in [1.54, 1.807) is 11.3 Å². The third kappa shape index (κ3) is 2.67. The number of benzene rings is 1. The van der Waals surface area contributed by atoms with E-state index in [-0.39, 0.29) is 6.10 Å². The van der Waals surface area contributed by atoms with Gasteiger partial charge in [-0.05, 0) is 44.9 Å². The number of thiazole rings is 1. The van der Waals surface area contributed by atoms with Crippen molar-refractivity contribution in [2.24, 2.45) is 0 Å². The van der Waals surface area contributed by atoms with Crippen LogP contribution in [0.15, 0.2) is 23.7 Å². The summed E-state index contributed by atoms with van der Waals surface area (Å²) in [6, 6.07) is 6.34. The van der Waals surface area contributed by atoms with E-state index in [0.29, 0.717) is 0 Å². The quantitative estimate of drug-likeness (QED) is 0.810. The molecule has 0 saturated heterocycles. The SMILES string of the molecule is Cc1ccc(-c2scnc2C)cc1OC(C)C. The first-order valence-electron chi connectivity index (χ1n) is 5.75. The number of rotatable bonds is 3. The average molecular weight is 247 g/mol. The minimum absolute atomic E-state index is 0.200. The van der Waals surface area contributed by atoms with Crippen molar-refractivity contribution in [2.45, 2.75) is 33.8 Å². The predicted octanol–water partition coefficient (Wildman–Crippen LogP) is 4.21. The minimum Gasteiger partial charge on any atom is -0.491 e. The van der Waals surface area contributed by atoms with E-state index in [4.69, 9.17) is 4.74 Å². The summed E-state index contributed by atoms with van der Waals surface area (Å²) in [7, 11) is 0. The van der Waals surface area contributed by atoms with Gasteiger partial charge in [0.1, 0.15) is 5.75 Å².